The Morgan fingerprint density at radius 3 is 2.91 bits per heavy atom. The van der Waals surface area contributed by atoms with Crippen LogP contribution in [0.1, 0.15) is 31.5 Å². The quantitative estimate of drug-likeness (QED) is 0.695. The first-order valence-corrected chi connectivity index (χ1v) is 8.01. The summed E-state index contributed by atoms with van der Waals surface area (Å²) in [6.07, 6.45) is 9.03. The zero-order chi connectivity index (χ0) is 16.3. The minimum Gasteiger partial charge on any atom is -0.384 e. The van der Waals surface area contributed by atoms with Crippen LogP contribution in [0.2, 0.25) is 0 Å². The topological polar surface area (TPSA) is 98.3 Å². The van der Waals surface area contributed by atoms with Gasteiger partial charge >= 0.3 is 0 Å². The molecule has 2 heterocycles. The van der Waals surface area contributed by atoms with Gasteiger partial charge in [-0.25, -0.2) is 4.98 Å². The number of imidazole rings is 1. The highest BCUT2D eigenvalue weighted by Gasteiger charge is 2.44. The molecule has 2 amide bonds. The zero-order valence-corrected chi connectivity index (χ0v) is 13.0. The number of rotatable bonds is 6. The van der Waals surface area contributed by atoms with Gasteiger partial charge in [0.1, 0.15) is 11.4 Å². The van der Waals surface area contributed by atoms with E-state index in [9.17, 15) is 14.7 Å². The fourth-order valence-corrected chi connectivity index (χ4v) is 3.01. The lowest BCUT2D eigenvalue weighted by atomic mass is 9.93. The lowest BCUT2D eigenvalue weighted by molar-refractivity contribution is -0.151. The number of carbonyl (C=O) groups excluding carboxylic acids is 2. The van der Waals surface area contributed by atoms with Crippen molar-refractivity contribution in [2.45, 2.75) is 37.7 Å². The van der Waals surface area contributed by atoms with Crippen LogP contribution >= 0.6 is 0 Å². The van der Waals surface area contributed by atoms with E-state index in [4.69, 9.17) is 0 Å². The highest BCUT2D eigenvalue weighted by atomic mass is 16.3. The lowest BCUT2D eigenvalue weighted by Crippen LogP contribution is -2.67. The molecule has 1 aliphatic heterocycles. The Balaban J connectivity index is 1.37. The van der Waals surface area contributed by atoms with Crippen molar-refractivity contribution in [1.82, 2.24) is 20.2 Å². The number of carbonyl (C=O) groups is 2. The smallest absolute Gasteiger partial charge is 0.249 e. The molecule has 1 saturated heterocycles. The van der Waals surface area contributed by atoms with E-state index in [-0.39, 0.29) is 31.4 Å². The second-order valence-electron chi connectivity index (χ2n) is 6.32. The van der Waals surface area contributed by atoms with Crippen molar-refractivity contribution in [3.8, 4) is 0 Å². The molecule has 124 valence electrons. The third kappa shape index (κ3) is 3.79. The number of β-amino-alcohol motifs (C(OH)–C–C–N with tert-alkyl or cyclic N) is 1. The molecule has 0 saturated carbocycles. The van der Waals surface area contributed by atoms with E-state index in [0.717, 1.165) is 30.7 Å². The Morgan fingerprint density at radius 1 is 1.43 bits per heavy atom. The number of hydrogen-bond acceptors (Lipinski definition) is 4. The summed E-state index contributed by atoms with van der Waals surface area (Å²) in [5.74, 6) is 0.665. The number of aliphatic hydroxyl groups is 1. The number of aromatic nitrogens is 2. The van der Waals surface area contributed by atoms with Crippen molar-refractivity contribution in [2.24, 2.45) is 0 Å². The average molecular weight is 318 g/mol. The van der Waals surface area contributed by atoms with E-state index in [1.54, 1.807) is 17.3 Å². The third-order valence-electron chi connectivity index (χ3n) is 4.33. The molecule has 0 radical (unpaired) electrons. The molecular formula is C16H22N4O3. The van der Waals surface area contributed by atoms with Crippen LogP contribution in [0.3, 0.4) is 0 Å². The van der Waals surface area contributed by atoms with Crippen LogP contribution in [0.15, 0.2) is 24.0 Å². The van der Waals surface area contributed by atoms with Crippen molar-refractivity contribution >= 4 is 11.8 Å². The number of allylic oxidation sites excluding steroid dienone is 1. The Bertz CT molecular complexity index is 603. The van der Waals surface area contributed by atoms with Crippen molar-refractivity contribution in [3.05, 3.63) is 29.9 Å². The van der Waals surface area contributed by atoms with Crippen LogP contribution in [0.4, 0.5) is 0 Å². The standard InChI is InChI=1S/C16H22N4O3/c21-14(6-5-13-17-7-8-18-13)19-9-16(23)10-20(11-16)15(22)12-3-1-2-4-12/h3,7-8,23H,1-2,4-6,9-11H2,(H,17,18)(H,19,21). The first kappa shape index (κ1) is 15.7. The van der Waals surface area contributed by atoms with Crippen LogP contribution in [-0.4, -0.2) is 57.0 Å². The summed E-state index contributed by atoms with van der Waals surface area (Å²) in [7, 11) is 0. The first-order chi connectivity index (χ1) is 11.1. The summed E-state index contributed by atoms with van der Waals surface area (Å²) in [6.45, 7) is 0.732. The Kier molecular flexibility index (Phi) is 4.47. The van der Waals surface area contributed by atoms with E-state index < -0.39 is 5.60 Å². The van der Waals surface area contributed by atoms with Crippen LogP contribution in [-0.2, 0) is 16.0 Å². The molecule has 3 rings (SSSR count). The second kappa shape index (κ2) is 6.54. The SMILES string of the molecule is O=C(CCc1ncc[nH]1)NCC1(O)CN(C(=O)C2=CCCC2)C1. The predicted octanol–water partition coefficient (Wildman–Crippen LogP) is 0.142. The summed E-state index contributed by atoms with van der Waals surface area (Å²) in [4.78, 5) is 32.6. The van der Waals surface area contributed by atoms with Gasteiger partial charge in [-0.15, -0.1) is 0 Å². The molecule has 0 spiro atoms. The molecule has 0 unspecified atom stereocenters. The summed E-state index contributed by atoms with van der Waals surface area (Å²) < 4.78 is 0. The number of likely N-dealkylation sites (tertiary alicyclic amines) is 1. The van der Waals surface area contributed by atoms with Crippen LogP contribution in [0, 0.1) is 0 Å². The molecule has 0 bridgehead atoms. The molecule has 7 nitrogen and oxygen atoms in total. The van der Waals surface area contributed by atoms with Crippen molar-refractivity contribution < 1.29 is 14.7 Å². The number of hydrogen-bond donors (Lipinski definition) is 3. The Hall–Kier alpha value is -2.15. The van der Waals surface area contributed by atoms with Crippen LogP contribution < -0.4 is 5.32 Å². The summed E-state index contributed by atoms with van der Waals surface area (Å²) >= 11 is 0. The second-order valence-corrected chi connectivity index (χ2v) is 6.32. The monoisotopic (exact) mass is 318 g/mol. The van der Waals surface area contributed by atoms with Gasteiger partial charge in [0.2, 0.25) is 11.8 Å². The average Bonchev–Trinajstić information content (AvgIpc) is 3.20. The zero-order valence-electron chi connectivity index (χ0n) is 13.0. The highest BCUT2D eigenvalue weighted by Crippen LogP contribution is 2.26. The molecule has 7 heteroatoms. The molecule has 0 aromatic carbocycles. The van der Waals surface area contributed by atoms with E-state index >= 15 is 0 Å². The van der Waals surface area contributed by atoms with Gasteiger partial charge in [0.05, 0.1) is 13.1 Å². The van der Waals surface area contributed by atoms with E-state index in [1.807, 2.05) is 6.08 Å². The summed E-state index contributed by atoms with van der Waals surface area (Å²) in [5, 5.41) is 13.1. The van der Waals surface area contributed by atoms with Gasteiger partial charge in [0.25, 0.3) is 0 Å². The van der Waals surface area contributed by atoms with Gasteiger partial charge in [-0.1, -0.05) is 6.08 Å². The highest BCUT2D eigenvalue weighted by molar-refractivity contribution is 5.94. The molecule has 1 fully saturated rings. The molecule has 23 heavy (non-hydrogen) atoms. The lowest BCUT2D eigenvalue weighted by Gasteiger charge is -2.46. The van der Waals surface area contributed by atoms with Crippen molar-refractivity contribution in [3.63, 3.8) is 0 Å². The van der Waals surface area contributed by atoms with E-state index in [1.165, 1.54) is 0 Å². The number of aromatic amines is 1. The van der Waals surface area contributed by atoms with Gasteiger partial charge in [0.15, 0.2) is 0 Å². The number of nitrogens with zero attached hydrogens (tertiary/aromatic N) is 2. The maximum atomic E-state index is 12.1. The van der Waals surface area contributed by atoms with Crippen molar-refractivity contribution in [1.29, 1.82) is 0 Å². The minimum absolute atomic E-state index is 0.0244. The maximum absolute atomic E-state index is 12.1. The molecule has 2 aliphatic rings. The van der Waals surface area contributed by atoms with Crippen molar-refractivity contribution in [2.75, 3.05) is 19.6 Å². The number of aryl methyl sites for hydroxylation is 1. The van der Waals surface area contributed by atoms with E-state index in [2.05, 4.69) is 15.3 Å². The normalized spacial score (nSPS) is 19.2. The fourth-order valence-electron chi connectivity index (χ4n) is 3.01. The predicted molar refractivity (Wildman–Crippen MR) is 83.4 cm³/mol. The fraction of sp³-hybridized carbons (Fsp3) is 0.562. The molecule has 3 N–H and O–H groups in total. The molecule has 1 aliphatic carbocycles. The van der Waals surface area contributed by atoms with Crippen LogP contribution in [0.25, 0.3) is 0 Å². The number of H-pyrrole nitrogens is 1. The van der Waals surface area contributed by atoms with E-state index in [0.29, 0.717) is 12.8 Å². The number of nitrogens with one attached hydrogen (secondary N) is 2. The third-order valence-corrected chi connectivity index (χ3v) is 4.33. The molecule has 0 atom stereocenters. The Labute approximate surface area is 134 Å². The molecular weight excluding hydrogens is 296 g/mol. The molecule has 1 aromatic heterocycles. The minimum atomic E-state index is -1.00. The van der Waals surface area contributed by atoms with Gasteiger partial charge in [0, 0.05) is 37.4 Å². The van der Waals surface area contributed by atoms with Gasteiger partial charge < -0.3 is 20.3 Å². The number of amides is 2. The maximum Gasteiger partial charge on any atom is 0.249 e. The Morgan fingerprint density at radius 2 is 2.26 bits per heavy atom. The van der Waals surface area contributed by atoms with Gasteiger partial charge in [-0.3, -0.25) is 9.59 Å². The first-order valence-electron chi connectivity index (χ1n) is 8.01. The summed E-state index contributed by atoms with van der Waals surface area (Å²) in [6, 6.07) is 0. The van der Waals surface area contributed by atoms with Gasteiger partial charge in [-0.05, 0) is 19.3 Å². The van der Waals surface area contributed by atoms with Crippen LogP contribution in [0.5, 0.6) is 0 Å². The summed E-state index contributed by atoms with van der Waals surface area (Å²) in [5.41, 5.74) is -0.149. The largest absolute Gasteiger partial charge is 0.384 e. The van der Waals surface area contributed by atoms with Gasteiger partial charge in [-0.2, -0.15) is 0 Å². The molecule has 1 aromatic rings.